The van der Waals surface area contributed by atoms with Crippen LogP contribution in [-0.4, -0.2) is 11.2 Å². The van der Waals surface area contributed by atoms with Crippen molar-refractivity contribution in [3.63, 3.8) is 0 Å². The van der Waals surface area contributed by atoms with Crippen molar-refractivity contribution < 1.29 is 14.5 Å². The van der Waals surface area contributed by atoms with Gasteiger partial charge in [0, 0.05) is 11.6 Å². The average molecular weight is 271 g/mol. The van der Waals surface area contributed by atoms with Gasteiger partial charge in [0.15, 0.2) is 6.29 Å². The summed E-state index contributed by atoms with van der Waals surface area (Å²) in [5.74, 6) is 0.888. The fraction of sp³-hybridized carbons (Fsp3) is 0.133. The molecule has 0 aliphatic carbocycles. The minimum Gasteiger partial charge on any atom is -0.457 e. The Morgan fingerprint density at radius 3 is 2.50 bits per heavy atom. The summed E-state index contributed by atoms with van der Waals surface area (Å²) in [4.78, 5) is 21.3. The number of aryl methyl sites for hydroxylation is 2. The standard InChI is InChI=1S/C15H13NO4/c1-10-3-6-15(12(7-10)9-17)20-13-4-5-14(16(18)19)11(2)8-13/h3-9H,1-2H3. The third-order valence-corrected chi connectivity index (χ3v) is 2.89. The van der Waals surface area contributed by atoms with Crippen LogP contribution >= 0.6 is 0 Å². The summed E-state index contributed by atoms with van der Waals surface area (Å²) < 4.78 is 5.62. The first-order valence-corrected chi connectivity index (χ1v) is 6.00. The molecule has 0 spiro atoms. The van der Waals surface area contributed by atoms with Crippen molar-refractivity contribution in [1.29, 1.82) is 0 Å². The quantitative estimate of drug-likeness (QED) is 0.481. The van der Waals surface area contributed by atoms with Gasteiger partial charge in [-0.1, -0.05) is 11.6 Å². The van der Waals surface area contributed by atoms with Crippen LogP contribution in [0.2, 0.25) is 0 Å². The second kappa shape index (κ2) is 5.52. The average Bonchev–Trinajstić information content (AvgIpc) is 2.40. The maximum atomic E-state index is 11.0. The monoisotopic (exact) mass is 271 g/mol. The SMILES string of the molecule is Cc1ccc(Oc2ccc([N+](=O)[O-])c(C)c2)c(C=O)c1. The molecule has 20 heavy (non-hydrogen) atoms. The zero-order valence-corrected chi connectivity index (χ0v) is 11.1. The molecule has 0 atom stereocenters. The number of hydrogen-bond acceptors (Lipinski definition) is 4. The predicted molar refractivity (Wildman–Crippen MR) is 74.5 cm³/mol. The molecule has 2 aromatic rings. The number of carbonyl (C=O) groups excluding carboxylic acids is 1. The van der Waals surface area contributed by atoms with E-state index < -0.39 is 4.92 Å². The molecule has 0 unspecified atom stereocenters. The minimum absolute atomic E-state index is 0.0388. The minimum atomic E-state index is -0.443. The molecule has 0 aliphatic rings. The highest BCUT2D eigenvalue weighted by Crippen LogP contribution is 2.29. The van der Waals surface area contributed by atoms with Gasteiger partial charge in [0.2, 0.25) is 0 Å². The smallest absolute Gasteiger partial charge is 0.272 e. The van der Waals surface area contributed by atoms with Gasteiger partial charge in [-0.2, -0.15) is 0 Å². The van der Waals surface area contributed by atoms with E-state index in [1.807, 2.05) is 13.0 Å². The molecule has 2 rings (SSSR count). The van der Waals surface area contributed by atoms with Gasteiger partial charge in [0.1, 0.15) is 11.5 Å². The fourth-order valence-corrected chi connectivity index (χ4v) is 1.88. The first-order valence-electron chi connectivity index (χ1n) is 6.00. The highest BCUT2D eigenvalue weighted by Gasteiger charge is 2.12. The third-order valence-electron chi connectivity index (χ3n) is 2.89. The lowest BCUT2D eigenvalue weighted by Gasteiger charge is -2.09. The highest BCUT2D eigenvalue weighted by atomic mass is 16.6. The maximum Gasteiger partial charge on any atom is 0.272 e. The molecular formula is C15H13NO4. The molecule has 0 heterocycles. The summed E-state index contributed by atoms with van der Waals surface area (Å²) in [5.41, 5.74) is 1.95. The van der Waals surface area contributed by atoms with Crippen molar-refractivity contribution in [3.8, 4) is 11.5 Å². The van der Waals surface area contributed by atoms with Gasteiger partial charge in [-0.15, -0.1) is 0 Å². The number of nitro groups is 1. The van der Waals surface area contributed by atoms with E-state index in [1.54, 1.807) is 25.1 Å². The summed E-state index contributed by atoms with van der Waals surface area (Å²) in [6.45, 7) is 3.52. The van der Waals surface area contributed by atoms with Gasteiger partial charge < -0.3 is 4.74 Å². The molecule has 0 aromatic heterocycles. The van der Waals surface area contributed by atoms with Gasteiger partial charge in [0.05, 0.1) is 10.5 Å². The van der Waals surface area contributed by atoms with Crippen LogP contribution in [0.1, 0.15) is 21.5 Å². The van der Waals surface area contributed by atoms with E-state index >= 15 is 0 Å². The largest absolute Gasteiger partial charge is 0.457 e. The van der Waals surface area contributed by atoms with Crippen LogP contribution in [0.25, 0.3) is 0 Å². The molecule has 5 heteroatoms. The maximum absolute atomic E-state index is 11.0. The Labute approximate surface area is 116 Å². The van der Waals surface area contributed by atoms with Crippen LogP contribution in [0.5, 0.6) is 11.5 Å². The molecule has 102 valence electrons. The topological polar surface area (TPSA) is 69.4 Å². The molecule has 0 saturated carbocycles. The van der Waals surface area contributed by atoms with Gasteiger partial charge >= 0.3 is 0 Å². The van der Waals surface area contributed by atoms with Crippen LogP contribution in [-0.2, 0) is 0 Å². The van der Waals surface area contributed by atoms with Crippen molar-refractivity contribution in [3.05, 3.63) is 63.2 Å². The second-order valence-corrected chi connectivity index (χ2v) is 4.47. The Morgan fingerprint density at radius 1 is 1.15 bits per heavy atom. The number of carbonyl (C=O) groups is 1. The van der Waals surface area contributed by atoms with E-state index in [4.69, 9.17) is 4.74 Å². The highest BCUT2D eigenvalue weighted by molar-refractivity contribution is 5.79. The van der Waals surface area contributed by atoms with Crippen molar-refractivity contribution in [2.24, 2.45) is 0 Å². The molecule has 0 fully saturated rings. The van der Waals surface area contributed by atoms with Crippen LogP contribution < -0.4 is 4.74 Å². The van der Waals surface area contributed by atoms with Crippen LogP contribution in [0.4, 0.5) is 5.69 Å². The number of hydrogen-bond donors (Lipinski definition) is 0. The molecular weight excluding hydrogens is 258 g/mol. The molecule has 0 amide bonds. The van der Waals surface area contributed by atoms with E-state index in [9.17, 15) is 14.9 Å². The summed E-state index contributed by atoms with van der Waals surface area (Å²) in [6.07, 6.45) is 0.723. The van der Waals surface area contributed by atoms with E-state index in [0.29, 0.717) is 22.6 Å². The molecule has 0 bridgehead atoms. The zero-order valence-electron chi connectivity index (χ0n) is 11.1. The zero-order chi connectivity index (χ0) is 14.7. The van der Waals surface area contributed by atoms with Crippen molar-refractivity contribution in [1.82, 2.24) is 0 Å². The summed E-state index contributed by atoms with van der Waals surface area (Å²) in [6, 6.07) is 9.74. The van der Waals surface area contributed by atoms with Gasteiger partial charge in [0.25, 0.3) is 5.69 Å². The van der Waals surface area contributed by atoms with Gasteiger partial charge in [-0.25, -0.2) is 0 Å². The van der Waals surface area contributed by atoms with Crippen molar-refractivity contribution >= 4 is 12.0 Å². The lowest BCUT2D eigenvalue weighted by molar-refractivity contribution is -0.385. The van der Waals surface area contributed by atoms with Crippen LogP contribution in [0, 0.1) is 24.0 Å². The number of rotatable bonds is 4. The second-order valence-electron chi connectivity index (χ2n) is 4.47. The van der Waals surface area contributed by atoms with Gasteiger partial charge in [-0.3, -0.25) is 14.9 Å². The van der Waals surface area contributed by atoms with E-state index in [-0.39, 0.29) is 5.69 Å². The van der Waals surface area contributed by atoms with Crippen LogP contribution in [0.3, 0.4) is 0 Å². The molecule has 0 N–H and O–H groups in total. The van der Waals surface area contributed by atoms with Crippen molar-refractivity contribution in [2.75, 3.05) is 0 Å². The number of nitrogens with zero attached hydrogens (tertiary/aromatic N) is 1. The Hall–Kier alpha value is -2.69. The predicted octanol–water partition coefficient (Wildman–Crippen LogP) is 3.82. The van der Waals surface area contributed by atoms with E-state index in [0.717, 1.165) is 11.8 Å². The fourth-order valence-electron chi connectivity index (χ4n) is 1.88. The summed E-state index contributed by atoms with van der Waals surface area (Å²) in [5, 5.41) is 10.7. The molecule has 0 saturated heterocycles. The molecule has 2 aromatic carbocycles. The Kier molecular flexibility index (Phi) is 3.79. The number of benzene rings is 2. The van der Waals surface area contributed by atoms with E-state index in [2.05, 4.69) is 0 Å². The number of ether oxygens (including phenoxy) is 1. The summed E-state index contributed by atoms with van der Waals surface area (Å²) in [7, 11) is 0. The van der Waals surface area contributed by atoms with E-state index in [1.165, 1.54) is 12.1 Å². The Balaban J connectivity index is 2.33. The number of nitro benzene ring substituents is 1. The first-order chi connectivity index (χ1) is 9.51. The lowest BCUT2D eigenvalue weighted by atomic mass is 10.1. The first kappa shape index (κ1) is 13.7. The third kappa shape index (κ3) is 2.83. The summed E-state index contributed by atoms with van der Waals surface area (Å²) >= 11 is 0. The Morgan fingerprint density at radius 2 is 1.90 bits per heavy atom. The lowest BCUT2D eigenvalue weighted by Crippen LogP contribution is -1.94. The normalized spacial score (nSPS) is 10.1. The molecule has 0 radical (unpaired) electrons. The Bertz CT molecular complexity index is 680. The van der Waals surface area contributed by atoms with Crippen LogP contribution in [0.15, 0.2) is 36.4 Å². The molecule has 0 aliphatic heterocycles. The number of aldehydes is 1. The molecule has 5 nitrogen and oxygen atoms in total. The van der Waals surface area contributed by atoms with Crippen molar-refractivity contribution in [2.45, 2.75) is 13.8 Å². The van der Waals surface area contributed by atoms with Gasteiger partial charge in [-0.05, 0) is 38.1 Å².